The molecule has 0 bridgehead atoms. The lowest BCUT2D eigenvalue weighted by atomic mass is 9.94. The quantitative estimate of drug-likeness (QED) is 0.309. The molecule has 10 nitrogen and oxygen atoms in total. The molecular weight excluding hydrogens is 556 g/mol. The van der Waals surface area contributed by atoms with Crippen LogP contribution in [-0.4, -0.2) is 46.5 Å². The second kappa shape index (κ2) is 10.4. The summed E-state index contributed by atoms with van der Waals surface area (Å²) in [4.78, 5) is 25.4. The molecule has 0 saturated carbocycles. The van der Waals surface area contributed by atoms with Gasteiger partial charge < -0.3 is 18.9 Å². The van der Waals surface area contributed by atoms with Gasteiger partial charge in [0.1, 0.15) is 22.2 Å². The molecule has 2 aliphatic rings. The van der Waals surface area contributed by atoms with Crippen molar-refractivity contribution in [3.05, 3.63) is 40.7 Å². The van der Waals surface area contributed by atoms with Crippen molar-refractivity contribution in [2.75, 3.05) is 25.1 Å². The molecule has 13 heteroatoms. The summed E-state index contributed by atoms with van der Waals surface area (Å²) in [6.45, 7) is 6.92. The Morgan fingerprint density at radius 1 is 1.22 bits per heavy atom. The maximum atomic E-state index is 16.5. The monoisotopic (exact) mass is 581 g/mol. The lowest BCUT2D eigenvalue weighted by Gasteiger charge is -2.19. The van der Waals surface area contributed by atoms with Crippen molar-refractivity contribution in [3.63, 3.8) is 0 Å². The number of fused-ring (bicyclic) bond motifs is 4. The molecule has 0 radical (unpaired) electrons. The molecule has 0 spiro atoms. The van der Waals surface area contributed by atoms with Gasteiger partial charge in [-0.3, -0.25) is 10.3 Å². The van der Waals surface area contributed by atoms with E-state index in [9.17, 15) is 10.1 Å². The Kier molecular flexibility index (Phi) is 6.93. The van der Waals surface area contributed by atoms with Gasteiger partial charge in [0.05, 0.1) is 48.6 Å². The first-order valence-electron chi connectivity index (χ1n) is 12.9. The number of benzene rings is 1. The minimum Gasteiger partial charge on any atom is -0.463 e. The van der Waals surface area contributed by atoms with Crippen LogP contribution >= 0.6 is 11.3 Å². The third-order valence-electron chi connectivity index (χ3n) is 6.78. The van der Waals surface area contributed by atoms with Crippen molar-refractivity contribution < 1.29 is 32.5 Å². The first-order chi connectivity index (χ1) is 19.6. The zero-order chi connectivity index (χ0) is 28.9. The van der Waals surface area contributed by atoms with Gasteiger partial charge in [-0.05, 0) is 38.3 Å². The predicted molar refractivity (Wildman–Crippen MR) is 146 cm³/mol. The zero-order valence-corrected chi connectivity index (χ0v) is 23.3. The van der Waals surface area contributed by atoms with Crippen molar-refractivity contribution in [2.45, 2.75) is 46.0 Å². The number of nitriles is 1. The average Bonchev–Trinajstić information content (AvgIpc) is 3.68. The van der Waals surface area contributed by atoms with Gasteiger partial charge in [-0.1, -0.05) is 0 Å². The number of hydrogen-bond donors (Lipinski definition) is 1. The standard InChI is InChI=1S/C28H25F2N5O5S/c1-28(2,3)40-27(36)35-25-14(6-31)20-23(32-8-18(29)24(20)41-25)19-17-12-38-11-16(17)15-7-33-26(34-22(15)21(19)30)39-10-13-4-5-37-9-13/h7-8,13H,4-5,9-12H2,1-3H3,(H,35,36). The van der Waals surface area contributed by atoms with Crippen LogP contribution in [0, 0.1) is 28.9 Å². The molecule has 212 valence electrons. The molecule has 4 aromatic rings. The number of aromatic nitrogens is 3. The van der Waals surface area contributed by atoms with E-state index >= 15 is 8.78 Å². The van der Waals surface area contributed by atoms with Crippen LogP contribution in [0.1, 0.15) is 43.9 Å². The molecule has 1 fully saturated rings. The second-order valence-corrected chi connectivity index (χ2v) is 11.8. The van der Waals surface area contributed by atoms with Gasteiger partial charge in [0.2, 0.25) is 0 Å². The number of nitrogens with zero attached hydrogens (tertiary/aromatic N) is 4. The maximum Gasteiger partial charge on any atom is 0.412 e. The summed E-state index contributed by atoms with van der Waals surface area (Å²) >= 11 is 0.843. The number of carbonyl (C=O) groups excluding carboxylic acids is 1. The number of nitrogens with one attached hydrogen (secondary N) is 1. The number of pyridine rings is 1. The molecule has 1 saturated heterocycles. The number of hydrogen-bond acceptors (Lipinski definition) is 10. The Balaban J connectivity index is 1.50. The Morgan fingerprint density at radius 2 is 2.02 bits per heavy atom. The van der Waals surface area contributed by atoms with Gasteiger partial charge in [-0.15, -0.1) is 11.3 Å². The van der Waals surface area contributed by atoms with Crippen LogP contribution in [0.2, 0.25) is 0 Å². The van der Waals surface area contributed by atoms with E-state index in [0.717, 1.165) is 24.0 Å². The van der Waals surface area contributed by atoms with Gasteiger partial charge in [0, 0.05) is 35.1 Å². The molecule has 1 N–H and O–H groups in total. The first-order valence-corrected chi connectivity index (χ1v) is 13.8. The molecular formula is C28H25F2N5O5S. The highest BCUT2D eigenvalue weighted by molar-refractivity contribution is 7.23. The SMILES string of the molecule is CC(C)(C)OC(=O)Nc1sc2c(F)cnc(-c3c4c(c5cnc(OCC6CCOC6)nc5c3F)COC4)c2c1C#N. The number of thiophene rings is 1. The molecule has 41 heavy (non-hydrogen) atoms. The maximum absolute atomic E-state index is 16.5. The average molecular weight is 582 g/mol. The number of halogens is 2. The van der Waals surface area contributed by atoms with Gasteiger partial charge in [0.25, 0.3) is 0 Å². The van der Waals surface area contributed by atoms with Crippen molar-refractivity contribution >= 4 is 43.4 Å². The number of anilines is 1. The molecule has 2 aliphatic heterocycles. The van der Waals surface area contributed by atoms with Gasteiger partial charge in [-0.25, -0.2) is 18.6 Å². The minimum absolute atomic E-state index is 0.00274. The van der Waals surface area contributed by atoms with E-state index in [1.165, 1.54) is 6.20 Å². The van der Waals surface area contributed by atoms with E-state index in [4.69, 9.17) is 18.9 Å². The van der Waals surface area contributed by atoms with E-state index in [0.29, 0.717) is 36.3 Å². The fourth-order valence-corrected chi connectivity index (χ4v) is 6.01. The van der Waals surface area contributed by atoms with E-state index in [-0.39, 0.29) is 62.6 Å². The fraction of sp³-hybridized carbons (Fsp3) is 0.393. The summed E-state index contributed by atoms with van der Waals surface area (Å²) < 4.78 is 53.7. The smallest absolute Gasteiger partial charge is 0.412 e. The Labute approximate surface area is 237 Å². The summed E-state index contributed by atoms with van der Waals surface area (Å²) in [7, 11) is 0. The van der Waals surface area contributed by atoms with E-state index in [1.807, 2.05) is 6.07 Å². The van der Waals surface area contributed by atoms with E-state index < -0.39 is 23.3 Å². The van der Waals surface area contributed by atoms with Crippen LogP contribution in [0.25, 0.3) is 32.2 Å². The highest BCUT2D eigenvalue weighted by atomic mass is 32.1. The highest BCUT2D eigenvalue weighted by Gasteiger charge is 2.31. The molecule has 6 rings (SSSR count). The number of carbonyl (C=O) groups is 1. The summed E-state index contributed by atoms with van der Waals surface area (Å²) in [5, 5.41) is 13.2. The molecule has 3 aromatic heterocycles. The summed E-state index contributed by atoms with van der Waals surface area (Å²) in [5.74, 6) is -1.24. The highest BCUT2D eigenvalue weighted by Crippen LogP contribution is 2.45. The third kappa shape index (κ3) is 5.03. The topological polar surface area (TPSA) is 128 Å². The van der Waals surface area contributed by atoms with E-state index in [2.05, 4.69) is 20.3 Å². The minimum atomic E-state index is -0.810. The molecule has 5 heterocycles. The predicted octanol–water partition coefficient (Wildman–Crippen LogP) is 5.85. The van der Waals surface area contributed by atoms with Crippen LogP contribution in [0.5, 0.6) is 6.01 Å². The lowest BCUT2D eigenvalue weighted by Crippen LogP contribution is -2.27. The molecule has 1 atom stereocenters. The summed E-state index contributed by atoms with van der Waals surface area (Å²) in [6, 6.07) is 2.04. The third-order valence-corrected chi connectivity index (χ3v) is 7.90. The number of ether oxygens (including phenoxy) is 4. The van der Waals surface area contributed by atoms with Gasteiger partial charge >= 0.3 is 12.1 Å². The Hall–Kier alpha value is -3.99. The van der Waals surface area contributed by atoms with Crippen molar-refractivity contribution in [1.82, 2.24) is 15.0 Å². The zero-order valence-electron chi connectivity index (χ0n) is 22.5. The first kappa shape index (κ1) is 27.2. The summed E-state index contributed by atoms with van der Waals surface area (Å²) in [5.41, 5.74) is 0.404. The Morgan fingerprint density at radius 3 is 2.76 bits per heavy atom. The van der Waals surface area contributed by atoms with Crippen molar-refractivity contribution in [2.24, 2.45) is 5.92 Å². The fourth-order valence-electron chi connectivity index (χ4n) is 4.97. The van der Waals surface area contributed by atoms with E-state index in [1.54, 1.807) is 20.8 Å². The molecule has 1 unspecified atom stereocenters. The Bertz CT molecular complexity index is 1740. The number of amides is 1. The van der Waals surface area contributed by atoms with Gasteiger partial charge in [-0.2, -0.15) is 10.2 Å². The van der Waals surface area contributed by atoms with Crippen LogP contribution in [0.4, 0.5) is 18.6 Å². The molecule has 1 amide bonds. The second-order valence-electron chi connectivity index (χ2n) is 10.8. The van der Waals surface area contributed by atoms with Crippen molar-refractivity contribution in [3.8, 4) is 23.3 Å². The lowest BCUT2D eigenvalue weighted by molar-refractivity contribution is 0.0636. The summed E-state index contributed by atoms with van der Waals surface area (Å²) in [6.07, 6.45) is 2.52. The van der Waals surface area contributed by atoms with Crippen LogP contribution in [0.3, 0.4) is 0 Å². The van der Waals surface area contributed by atoms with Crippen LogP contribution in [0.15, 0.2) is 12.4 Å². The van der Waals surface area contributed by atoms with Crippen molar-refractivity contribution in [1.29, 1.82) is 5.26 Å². The molecule has 0 aliphatic carbocycles. The molecule has 1 aromatic carbocycles. The number of rotatable bonds is 5. The largest absolute Gasteiger partial charge is 0.463 e. The van der Waals surface area contributed by atoms with Crippen LogP contribution in [-0.2, 0) is 27.4 Å². The van der Waals surface area contributed by atoms with Gasteiger partial charge in [0.15, 0.2) is 11.6 Å². The normalized spacial score (nSPS) is 16.6. The van der Waals surface area contributed by atoms with Crippen LogP contribution < -0.4 is 10.1 Å².